The highest BCUT2D eigenvalue weighted by Crippen LogP contribution is 2.14. The van der Waals surface area contributed by atoms with Gasteiger partial charge in [0.2, 0.25) is 0 Å². The standard InChI is InChI=1S/C17H22O3/c1-4-5-11-20-17(19)15(16(18)13(2)3)12-14-9-7-6-8-10-14/h6-10,12-13H,4-5,11H2,1-3H3. The summed E-state index contributed by atoms with van der Waals surface area (Å²) in [5, 5.41) is 0. The number of carbonyl (C=O) groups is 2. The molecule has 1 rings (SSSR count). The minimum atomic E-state index is -0.527. The summed E-state index contributed by atoms with van der Waals surface area (Å²) in [6.07, 6.45) is 3.36. The summed E-state index contributed by atoms with van der Waals surface area (Å²) in [5.74, 6) is -0.944. The molecule has 0 aliphatic carbocycles. The lowest BCUT2D eigenvalue weighted by Crippen LogP contribution is -2.20. The molecule has 0 aliphatic heterocycles. The van der Waals surface area contributed by atoms with Gasteiger partial charge in [0, 0.05) is 5.92 Å². The van der Waals surface area contributed by atoms with Crippen molar-refractivity contribution in [2.45, 2.75) is 33.6 Å². The number of benzene rings is 1. The predicted molar refractivity (Wildman–Crippen MR) is 80.1 cm³/mol. The van der Waals surface area contributed by atoms with E-state index in [2.05, 4.69) is 0 Å². The lowest BCUT2D eigenvalue weighted by atomic mass is 9.99. The van der Waals surface area contributed by atoms with E-state index in [9.17, 15) is 9.59 Å². The van der Waals surface area contributed by atoms with Crippen LogP contribution in [0.1, 0.15) is 39.2 Å². The van der Waals surface area contributed by atoms with Gasteiger partial charge in [0.1, 0.15) is 5.57 Å². The Morgan fingerprint density at radius 3 is 2.40 bits per heavy atom. The van der Waals surface area contributed by atoms with Crippen LogP contribution in [-0.2, 0) is 14.3 Å². The summed E-state index contributed by atoms with van der Waals surface area (Å²) in [5.41, 5.74) is 0.950. The fraction of sp³-hybridized carbons (Fsp3) is 0.412. The van der Waals surface area contributed by atoms with Gasteiger partial charge < -0.3 is 4.74 Å². The third-order valence-electron chi connectivity index (χ3n) is 2.85. The van der Waals surface area contributed by atoms with E-state index in [1.807, 2.05) is 37.3 Å². The van der Waals surface area contributed by atoms with Crippen LogP contribution in [0.3, 0.4) is 0 Å². The number of hydrogen-bond donors (Lipinski definition) is 0. The van der Waals surface area contributed by atoms with Crippen molar-refractivity contribution in [3.63, 3.8) is 0 Å². The second-order valence-electron chi connectivity index (χ2n) is 4.98. The quantitative estimate of drug-likeness (QED) is 0.251. The minimum Gasteiger partial charge on any atom is -0.462 e. The third-order valence-corrected chi connectivity index (χ3v) is 2.85. The molecule has 0 heterocycles. The van der Waals surface area contributed by atoms with E-state index in [1.54, 1.807) is 19.9 Å². The van der Waals surface area contributed by atoms with E-state index in [0.29, 0.717) is 6.61 Å². The molecule has 0 bridgehead atoms. The number of esters is 1. The maximum atomic E-state index is 12.2. The second-order valence-corrected chi connectivity index (χ2v) is 4.98. The van der Waals surface area contributed by atoms with Gasteiger partial charge in [0.05, 0.1) is 6.61 Å². The molecule has 3 heteroatoms. The number of Topliss-reactive ketones (excluding diaryl/α,β-unsaturated/α-hetero) is 1. The van der Waals surface area contributed by atoms with Gasteiger partial charge in [-0.25, -0.2) is 4.79 Å². The van der Waals surface area contributed by atoms with Gasteiger partial charge in [0.15, 0.2) is 5.78 Å². The zero-order valence-electron chi connectivity index (χ0n) is 12.4. The van der Waals surface area contributed by atoms with Gasteiger partial charge >= 0.3 is 5.97 Å². The fourth-order valence-corrected chi connectivity index (χ4v) is 1.64. The summed E-state index contributed by atoms with van der Waals surface area (Å²) < 4.78 is 5.16. The highest BCUT2D eigenvalue weighted by molar-refractivity contribution is 6.21. The minimum absolute atomic E-state index is 0.127. The van der Waals surface area contributed by atoms with E-state index >= 15 is 0 Å². The van der Waals surface area contributed by atoms with E-state index in [1.165, 1.54) is 0 Å². The maximum absolute atomic E-state index is 12.2. The number of ketones is 1. The smallest absolute Gasteiger partial charge is 0.341 e. The molecule has 3 nitrogen and oxygen atoms in total. The van der Waals surface area contributed by atoms with E-state index in [0.717, 1.165) is 18.4 Å². The number of carbonyl (C=O) groups excluding carboxylic acids is 2. The van der Waals surface area contributed by atoms with Gasteiger partial charge in [-0.15, -0.1) is 0 Å². The monoisotopic (exact) mass is 274 g/mol. The summed E-state index contributed by atoms with van der Waals surface area (Å²) >= 11 is 0. The molecule has 0 saturated carbocycles. The molecular weight excluding hydrogens is 252 g/mol. The van der Waals surface area contributed by atoms with E-state index < -0.39 is 5.97 Å². The number of unbranched alkanes of at least 4 members (excludes halogenated alkanes) is 1. The lowest BCUT2D eigenvalue weighted by Gasteiger charge is -2.09. The zero-order valence-corrected chi connectivity index (χ0v) is 12.4. The molecule has 0 radical (unpaired) electrons. The Labute approximate surface area is 120 Å². The molecule has 20 heavy (non-hydrogen) atoms. The Bertz CT molecular complexity index is 472. The number of ether oxygens (including phenoxy) is 1. The van der Waals surface area contributed by atoms with Crippen molar-refractivity contribution in [1.29, 1.82) is 0 Å². The van der Waals surface area contributed by atoms with Crippen LogP contribution >= 0.6 is 0 Å². The van der Waals surface area contributed by atoms with Gasteiger partial charge in [-0.2, -0.15) is 0 Å². The van der Waals surface area contributed by atoms with Crippen LogP contribution in [0.5, 0.6) is 0 Å². The number of hydrogen-bond acceptors (Lipinski definition) is 3. The van der Waals surface area contributed by atoms with Crippen LogP contribution in [0.25, 0.3) is 6.08 Å². The Hall–Kier alpha value is -1.90. The largest absolute Gasteiger partial charge is 0.462 e. The second kappa shape index (κ2) is 8.31. The summed E-state index contributed by atoms with van der Waals surface area (Å²) in [4.78, 5) is 24.2. The lowest BCUT2D eigenvalue weighted by molar-refractivity contribution is -0.140. The summed E-state index contributed by atoms with van der Waals surface area (Å²) in [6, 6.07) is 9.33. The third kappa shape index (κ3) is 5.00. The van der Waals surface area contributed by atoms with E-state index in [-0.39, 0.29) is 17.3 Å². The molecule has 0 saturated heterocycles. The average molecular weight is 274 g/mol. The molecule has 0 amide bonds. The molecule has 0 aromatic heterocycles. The van der Waals surface area contributed by atoms with Crippen LogP contribution < -0.4 is 0 Å². The molecule has 0 fully saturated rings. The van der Waals surface area contributed by atoms with Crippen LogP contribution in [0, 0.1) is 5.92 Å². The van der Waals surface area contributed by atoms with Gasteiger partial charge in [-0.3, -0.25) is 4.79 Å². The van der Waals surface area contributed by atoms with Crippen molar-refractivity contribution < 1.29 is 14.3 Å². The molecule has 1 aromatic rings. The number of rotatable bonds is 7. The molecule has 0 atom stereocenters. The molecule has 0 N–H and O–H groups in total. The first-order valence-corrected chi connectivity index (χ1v) is 7.04. The topological polar surface area (TPSA) is 43.4 Å². The zero-order chi connectivity index (χ0) is 15.0. The van der Waals surface area contributed by atoms with Crippen molar-refractivity contribution >= 4 is 17.8 Å². The Morgan fingerprint density at radius 1 is 1.20 bits per heavy atom. The SMILES string of the molecule is CCCCOC(=O)C(=Cc1ccccc1)C(=O)C(C)C. The van der Waals surface area contributed by atoms with Crippen molar-refractivity contribution in [2.24, 2.45) is 5.92 Å². The van der Waals surface area contributed by atoms with Gasteiger partial charge in [-0.1, -0.05) is 57.5 Å². The average Bonchev–Trinajstić information content (AvgIpc) is 2.45. The normalized spacial score (nSPS) is 11.5. The van der Waals surface area contributed by atoms with Crippen molar-refractivity contribution in [1.82, 2.24) is 0 Å². The van der Waals surface area contributed by atoms with Gasteiger partial charge in [-0.05, 0) is 18.1 Å². The van der Waals surface area contributed by atoms with Crippen molar-refractivity contribution in [3.8, 4) is 0 Å². The first-order chi connectivity index (χ1) is 9.56. The van der Waals surface area contributed by atoms with Crippen molar-refractivity contribution in [3.05, 3.63) is 41.5 Å². The Kier molecular flexibility index (Phi) is 6.71. The van der Waals surface area contributed by atoms with Crippen LogP contribution in [0.15, 0.2) is 35.9 Å². The highest BCUT2D eigenvalue weighted by Gasteiger charge is 2.22. The Balaban J connectivity index is 2.94. The fourth-order valence-electron chi connectivity index (χ4n) is 1.64. The maximum Gasteiger partial charge on any atom is 0.341 e. The van der Waals surface area contributed by atoms with Crippen molar-refractivity contribution in [2.75, 3.05) is 6.61 Å². The first kappa shape index (κ1) is 16.2. The molecular formula is C17H22O3. The molecule has 108 valence electrons. The molecule has 0 unspecified atom stereocenters. The summed E-state index contributed by atoms with van der Waals surface area (Å²) in [6.45, 7) is 5.93. The molecule has 1 aromatic carbocycles. The van der Waals surface area contributed by atoms with Crippen LogP contribution in [-0.4, -0.2) is 18.4 Å². The molecule has 0 aliphatic rings. The van der Waals surface area contributed by atoms with Crippen LogP contribution in [0.2, 0.25) is 0 Å². The first-order valence-electron chi connectivity index (χ1n) is 7.04. The van der Waals surface area contributed by atoms with Crippen LogP contribution in [0.4, 0.5) is 0 Å². The predicted octanol–water partition coefficient (Wildman–Crippen LogP) is 3.64. The Morgan fingerprint density at radius 2 is 1.85 bits per heavy atom. The van der Waals surface area contributed by atoms with Gasteiger partial charge in [0.25, 0.3) is 0 Å². The molecule has 0 spiro atoms. The highest BCUT2D eigenvalue weighted by atomic mass is 16.5. The summed E-state index contributed by atoms with van der Waals surface area (Å²) in [7, 11) is 0. The van der Waals surface area contributed by atoms with E-state index in [4.69, 9.17) is 4.74 Å².